The highest BCUT2D eigenvalue weighted by atomic mass is 16.5. The molecule has 2 rings (SSSR count). The van der Waals surface area contributed by atoms with E-state index in [2.05, 4.69) is 15.5 Å². The van der Waals surface area contributed by atoms with Crippen LogP contribution in [0.4, 0.5) is 5.69 Å². The third kappa shape index (κ3) is 2.63. The van der Waals surface area contributed by atoms with Gasteiger partial charge in [0.1, 0.15) is 18.7 Å². The van der Waals surface area contributed by atoms with Gasteiger partial charge in [0.2, 0.25) is 11.6 Å². The first-order valence-corrected chi connectivity index (χ1v) is 5.25. The Balaban J connectivity index is 2.07. The Hall–Kier alpha value is -2.86. The Morgan fingerprint density at radius 2 is 2.00 bits per heavy atom. The molecule has 6 nitrogen and oxygen atoms in total. The van der Waals surface area contributed by atoms with Crippen LogP contribution in [0, 0.1) is 22.7 Å². The molecule has 88 valence electrons. The van der Waals surface area contributed by atoms with Gasteiger partial charge in [0.25, 0.3) is 0 Å². The van der Waals surface area contributed by atoms with Gasteiger partial charge < -0.3 is 4.74 Å². The highest BCUT2D eigenvalue weighted by Gasteiger charge is 2.09. The average Bonchev–Trinajstić information content (AvgIpc) is 2.94. The van der Waals surface area contributed by atoms with Crippen LogP contribution < -0.4 is 5.43 Å². The van der Waals surface area contributed by atoms with Crippen molar-refractivity contribution in [2.45, 2.75) is 0 Å². The lowest BCUT2D eigenvalue weighted by Gasteiger charge is -2.03. The van der Waals surface area contributed by atoms with Crippen LogP contribution in [0.25, 0.3) is 0 Å². The number of anilines is 1. The van der Waals surface area contributed by atoms with E-state index in [0.717, 1.165) is 5.56 Å². The molecule has 0 unspecified atom stereocenters. The Labute approximate surface area is 104 Å². The van der Waals surface area contributed by atoms with E-state index < -0.39 is 0 Å². The maximum absolute atomic E-state index is 8.52. The molecule has 1 aromatic carbocycles. The van der Waals surface area contributed by atoms with Gasteiger partial charge in [-0.2, -0.15) is 15.6 Å². The van der Waals surface area contributed by atoms with E-state index in [9.17, 15) is 0 Å². The van der Waals surface area contributed by atoms with Crippen molar-refractivity contribution in [3.63, 3.8) is 0 Å². The molecular formula is C12H9N5O. The van der Waals surface area contributed by atoms with Crippen molar-refractivity contribution >= 4 is 17.3 Å². The minimum absolute atomic E-state index is 0.220. The van der Waals surface area contributed by atoms with Crippen LogP contribution in [0.3, 0.4) is 0 Å². The summed E-state index contributed by atoms with van der Waals surface area (Å²) in [7, 11) is 0. The second-order valence-corrected chi connectivity index (χ2v) is 3.41. The topological polar surface area (TPSA) is 93.6 Å². The van der Waals surface area contributed by atoms with E-state index in [1.54, 1.807) is 24.3 Å². The molecule has 0 saturated carbocycles. The minimum Gasteiger partial charge on any atom is -0.476 e. The monoisotopic (exact) mass is 239 g/mol. The lowest BCUT2D eigenvalue weighted by Crippen LogP contribution is -2.01. The van der Waals surface area contributed by atoms with Gasteiger partial charge in [-0.05, 0) is 24.3 Å². The van der Waals surface area contributed by atoms with Crippen molar-refractivity contribution in [1.29, 1.82) is 10.5 Å². The Bertz CT molecular complexity index is 558. The quantitative estimate of drug-likeness (QED) is 0.635. The molecule has 18 heavy (non-hydrogen) atoms. The van der Waals surface area contributed by atoms with Crippen LogP contribution >= 0.6 is 0 Å². The van der Waals surface area contributed by atoms with Crippen molar-refractivity contribution in [3.05, 3.63) is 29.8 Å². The zero-order valence-corrected chi connectivity index (χ0v) is 9.42. The molecule has 0 amide bonds. The van der Waals surface area contributed by atoms with Gasteiger partial charge in [0.15, 0.2) is 0 Å². The maximum atomic E-state index is 8.52. The molecule has 1 aliphatic rings. The highest BCUT2D eigenvalue weighted by molar-refractivity contribution is 6.10. The molecule has 0 aliphatic carbocycles. The molecule has 0 saturated heterocycles. The van der Waals surface area contributed by atoms with Gasteiger partial charge in [-0.3, -0.25) is 5.43 Å². The molecule has 1 heterocycles. The second-order valence-electron chi connectivity index (χ2n) is 3.41. The maximum Gasteiger partial charge on any atom is 0.237 e. The van der Waals surface area contributed by atoms with Crippen LogP contribution in [0.2, 0.25) is 0 Å². The summed E-state index contributed by atoms with van der Waals surface area (Å²) >= 11 is 0. The second kappa shape index (κ2) is 5.46. The molecule has 0 atom stereocenters. The predicted octanol–water partition coefficient (Wildman–Crippen LogP) is 1.28. The van der Waals surface area contributed by atoms with Crippen molar-refractivity contribution in [2.75, 3.05) is 18.6 Å². The molecule has 0 bridgehead atoms. The summed E-state index contributed by atoms with van der Waals surface area (Å²) < 4.78 is 5.33. The number of hydrogen-bond donors (Lipinski definition) is 1. The van der Waals surface area contributed by atoms with Crippen LogP contribution in [-0.4, -0.2) is 24.8 Å². The number of ether oxygens (including phenoxy) is 1. The largest absolute Gasteiger partial charge is 0.476 e. The first kappa shape index (κ1) is 11.6. The zero-order valence-electron chi connectivity index (χ0n) is 9.42. The summed E-state index contributed by atoms with van der Waals surface area (Å²) in [5.41, 5.74) is 3.98. The zero-order chi connectivity index (χ0) is 12.8. The van der Waals surface area contributed by atoms with E-state index in [4.69, 9.17) is 15.3 Å². The first-order chi connectivity index (χ1) is 8.83. The lowest BCUT2D eigenvalue weighted by atomic mass is 10.2. The molecule has 0 fully saturated rings. The van der Waals surface area contributed by atoms with Gasteiger partial charge in [-0.15, -0.1) is 0 Å². The van der Waals surface area contributed by atoms with Crippen LogP contribution in [-0.2, 0) is 4.74 Å². The fraction of sp³-hybridized carbons (Fsp3) is 0.167. The summed E-state index contributed by atoms with van der Waals surface area (Å²) in [6, 6.07) is 10.5. The minimum atomic E-state index is -0.220. The molecule has 0 aromatic heterocycles. The molecule has 0 spiro atoms. The number of nitrogens with one attached hydrogen (secondary N) is 1. The van der Waals surface area contributed by atoms with Gasteiger partial charge in [0.05, 0.1) is 12.2 Å². The summed E-state index contributed by atoms with van der Waals surface area (Å²) in [4.78, 5) is 4.20. The molecule has 6 heteroatoms. The number of rotatable bonds is 3. The number of benzene rings is 1. The Kier molecular flexibility index (Phi) is 3.53. The lowest BCUT2D eigenvalue weighted by molar-refractivity contribution is 0.348. The summed E-state index contributed by atoms with van der Waals surface area (Å²) in [5, 5.41) is 20.7. The van der Waals surface area contributed by atoms with E-state index in [0.29, 0.717) is 24.7 Å². The number of hydrogen-bond acceptors (Lipinski definition) is 6. The van der Waals surface area contributed by atoms with Crippen LogP contribution in [0.15, 0.2) is 34.4 Å². The molecule has 0 radical (unpaired) electrons. The van der Waals surface area contributed by atoms with Gasteiger partial charge in [-0.1, -0.05) is 0 Å². The van der Waals surface area contributed by atoms with Gasteiger partial charge >= 0.3 is 0 Å². The molecule has 1 aromatic rings. The predicted molar refractivity (Wildman–Crippen MR) is 66.1 cm³/mol. The van der Waals surface area contributed by atoms with Crippen LogP contribution in [0.5, 0.6) is 0 Å². The van der Waals surface area contributed by atoms with Gasteiger partial charge in [-0.25, -0.2) is 4.99 Å². The molecular weight excluding hydrogens is 230 g/mol. The van der Waals surface area contributed by atoms with Crippen molar-refractivity contribution in [2.24, 2.45) is 10.1 Å². The summed E-state index contributed by atoms with van der Waals surface area (Å²) in [6.45, 7) is 1.31. The van der Waals surface area contributed by atoms with E-state index >= 15 is 0 Å². The third-order valence-corrected chi connectivity index (χ3v) is 2.23. The summed E-state index contributed by atoms with van der Waals surface area (Å²) in [5.74, 6) is 0.639. The van der Waals surface area contributed by atoms with Crippen molar-refractivity contribution in [1.82, 2.24) is 0 Å². The van der Waals surface area contributed by atoms with Gasteiger partial charge in [0, 0.05) is 5.56 Å². The van der Waals surface area contributed by atoms with Crippen molar-refractivity contribution in [3.8, 4) is 12.1 Å². The van der Waals surface area contributed by atoms with E-state index in [1.165, 1.54) is 0 Å². The Morgan fingerprint density at radius 3 is 2.56 bits per heavy atom. The number of aliphatic imine (C=N–C) groups is 1. The smallest absolute Gasteiger partial charge is 0.237 e. The summed E-state index contributed by atoms with van der Waals surface area (Å²) in [6.07, 6.45) is 0. The number of nitrogens with zero attached hydrogens (tertiary/aromatic N) is 4. The molecule has 1 N–H and O–H groups in total. The average molecular weight is 239 g/mol. The first-order valence-electron chi connectivity index (χ1n) is 5.25. The van der Waals surface area contributed by atoms with E-state index in [1.807, 2.05) is 12.1 Å². The Morgan fingerprint density at radius 1 is 1.28 bits per heavy atom. The van der Waals surface area contributed by atoms with Crippen LogP contribution in [0.1, 0.15) is 5.56 Å². The standard InChI is InChI=1S/C12H9N5O/c13-7-11(8-14)17-16-10-3-1-9(2-4-10)12-15-5-6-18-12/h1-4,16H,5-6H2. The van der Waals surface area contributed by atoms with E-state index in [-0.39, 0.29) is 5.71 Å². The van der Waals surface area contributed by atoms with Crippen molar-refractivity contribution < 1.29 is 4.74 Å². The normalized spacial score (nSPS) is 12.7. The number of nitriles is 2. The fourth-order valence-corrected chi connectivity index (χ4v) is 1.39. The third-order valence-electron chi connectivity index (χ3n) is 2.23. The highest BCUT2D eigenvalue weighted by Crippen LogP contribution is 2.12. The SMILES string of the molecule is N#CC(C#N)=NNc1ccc(C2=NCCO2)cc1. The number of hydrazone groups is 1. The fourth-order valence-electron chi connectivity index (χ4n) is 1.39. The molecule has 1 aliphatic heterocycles.